The second-order valence-corrected chi connectivity index (χ2v) is 7.19. The maximum atomic E-state index is 12.2. The number of nitrogens with two attached hydrogens (primary N) is 1. The van der Waals surface area contributed by atoms with Crippen molar-refractivity contribution in [3.63, 3.8) is 0 Å². The van der Waals surface area contributed by atoms with Crippen molar-refractivity contribution in [2.24, 2.45) is 12.8 Å². The Morgan fingerprint density at radius 3 is 2.33 bits per heavy atom. The molecule has 1 aromatic heterocycles. The fourth-order valence-electron chi connectivity index (χ4n) is 1.94. The molecule has 114 valence electrons. The van der Waals surface area contributed by atoms with Crippen molar-refractivity contribution < 1.29 is 8.42 Å². The molecular weight excluding hydrogens is 288 g/mol. The number of hydrogen-bond acceptors (Lipinski definition) is 4. The highest BCUT2D eigenvalue weighted by molar-refractivity contribution is 7.92. The topological polar surface area (TPSA) is 90.0 Å². The van der Waals surface area contributed by atoms with Crippen molar-refractivity contribution in [2.75, 3.05) is 11.3 Å². The van der Waals surface area contributed by atoms with Crippen LogP contribution in [-0.2, 0) is 22.5 Å². The average Bonchev–Trinajstić information content (AvgIpc) is 2.86. The van der Waals surface area contributed by atoms with Crippen molar-refractivity contribution in [2.45, 2.75) is 24.3 Å². The molecule has 0 aliphatic carbocycles. The van der Waals surface area contributed by atoms with E-state index in [1.165, 1.54) is 16.9 Å². The Bertz CT molecular complexity index is 718. The summed E-state index contributed by atoms with van der Waals surface area (Å²) in [4.78, 5) is 0. The molecule has 0 unspecified atom stereocenters. The summed E-state index contributed by atoms with van der Waals surface area (Å²) in [5.74, 6) is 0. The van der Waals surface area contributed by atoms with Crippen LogP contribution in [0.5, 0.6) is 0 Å². The van der Waals surface area contributed by atoms with E-state index in [4.69, 9.17) is 5.73 Å². The minimum Gasteiger partial charge on any atom is -0.330 e. The fraction of sp³-hybridized carbons (Fsp3) is 0.357. The van der Waals surface area contributed by atoms with Crippen molar-refractivity contribution in [3.8, 4) is 0 Å². The number of aryl methyl sites for hydroxylation is 1. The van der Waals surface area contributed by atoms with Crippen LogP contribution in [0.4, 0.5) is 5.69 Å². The molecule has 0 fully saturated rings. The van der Waals surface area contributed by atoms with Crippen LogP contribution in [-0.4, -0.2) is 24.7 Å². The van der Waals surface area contributed by atoms with Gasteiger partial charge in [0.05, 0.1) is 6.20 Å². The molecule has 0 saturated carbocycles. The molecule has 21 heavy (non-hydrogen) atoms. The SMILES string of the molecule is Cn1nccc1S(=O)(=O)Nc1ccc(C(C)(C)CN)cc1. The molecule has 0 aliphatic rings. The lowest BCUT2D eigenvalue weighted by atomic mass is 9.85. The summed E-state index contributed by atoms with van der Waals surface area (Å²) in [6, 6.07) is 8.69. The Morgan fingerprint density at radius 1 is 1.24 bits per heavy atom. The minimum atomic E-state index is -3.63. The van der Waals surface area contributed by atoms with Gasteiger partial charge in [-0.1, -0.05) is 26.0 Å². The van der Waals surface area contributed by atoms with Gasteiger partial charge in [-0.05, 0) is 23.8 Å². The molecule has 0 bridgehead atoms. The highest BCUT2D eigenvalue weighted by Crippen LogP contribution is 2.24. The van der Waals surface area contributed by atoms with Gasteiger partial charge in [0.1, 0.15) is 0 Å². The lowest BCUT2D eigenvalue weighted by Crippen LogP contribution is -2.28. The molecule has 0 amide bonds. The van der Waals surface area contributed by atoms with Gasteiger partial charge >= 0.3 is 0 Å². The number of sulfonamides is 1. The zero-order valence-corrected chi connectivity index (χ0v) is 13.2. The Hall–Kier alpha value is -1.86. The van der Waals surface area contributed by atoms with Gasteiger partial charge in [-0.2, -0.15) is 13.5 Å². The van der Waals surface area contributed by atoms with Crippen LogP contribution in [0.15, 0.2) is 41.6 Å². The Morgan fingerprint density at radius 2 is 1.86 bits per heavy atom. The first-order valence-corrected chi connectivity index (χ1v) is 8.06. The summed E-state index contributed by atoms with van der Waals surface area (Å²) in [6.45, 7) is 4.61. The summed E-state index contributed by atoms with van der Waals surface area (Å²) in [5.41, 5.74) is 7.17. The second-order valence-electron chi connectivity index (χ2n) is 5.56. The van der Waals surface area contributed by atoms with Gasteiger partial charge in [-0.25, -0.2) is 0 Å². The van der Waals surface area contributed by atoms with Gasteiger partial charge in [0.15, 0.2) is 5.03 Å². The van der Waals surface area contributed by atoms with E-state index in [0.29, 0.717) is 12.2 Å². The molecule has 0 atom stereocenters. The standard InChI is InChI=1S/C14H20N4O2S/c1-14(2,10-15)11-4-6-12(7-5-11)17-21(19,20)13-8-9-16-18(13)3/h4-9,17H,10,15H2,1-3H3. The van der Waals surface area contributed by atoms with E-state index in [0.717, 1.165) is 5.56 Å². The van der Waals surface area contributed by atoms with Gasteiger partial charge < -0.3 is 5.73 Å². The third-order valence-corrected chi connectivity index (χ3v) is 4.94. The molecule has 0 saturated heterocycles. The molecule has 3 N–H and O–H groups in total. The predicted molar refractivity (Wildman–Crippen MR) is 82.5 cm³/mol. The predicted octanol–water partition coefficient (Wildman–Crippen LogP) is 1.46. The summed E-state index contributed by atoms with van der Waals surface area (Å²) in [5, 5.41) is 3.98. The summed E-state index contributed by atoms with van der Waals surface area (Å²) >= 11 is 0. The number of hydrogen-bond donors (Lipinski definition) is 2. The molecular formula is C14H20N4O2S. The fourth-order valence-corrected chi connectivity index (χ4v) is 3.13. The normalized spacial score (nSPS) is 12.4. The van der Waals surface area contributed by atoms with E-state index in [1.807, 2.05) is 26.0 Å². The van der Waals surface area contributed by atoms with E-state index >= 15 is 0 Å². The number of aromatic nitrogens is 2. The number of nitrogens with zero attached hydrogens (tertiary/aromatic N) is 2. The molecule has 2 aromatic rings. The molecule has 2 rings (SSSR count). The smallest absolute Gasteiger partial charge is 0.279 e. The van der Waals surface area contributed by atoms with Crippen molar-refractivity contribution in [1.29, 1.82) is 0 Å². The monoisotopic (exact) mass is 308 g/mol. The first-order chi connectivity index (χ1) is 9.76. The van der Waals surface area contributed by atoms with Crippen LogP contribution >= 0.6 is 0 Å². The molecule has 0 spiro atoms. The number of benzene rings is 1. The third-order valence-electron chi connectivity index (χ3n) is 3.48. The van der Waals surface area contributed by atoms with Crippen LogP contribution in [0.2, 0.25) is 0 Å². The largest absolute Gasteiger partial charge is 0.330 e. The molecule has 0 aliphatic heterocycles. The lowest BCUT2D eigenvalue weighted by molar-refractivity contribution is 0.539. The number of anilines is 1. The first kappa shape index (κ1) is 15.5. The maximum absolute atomic E-state index is 12.2. The van der Waals surface area contributed by atoms with Crippen molar-refractivity contribution >= 4 is 15.7 Å². The lowest BCUT2D eigenvalue weighted by Gasteiger charge is -2.23. The third kappa shape index (κ3) is 3.25. The van der Waals surface area contributed by atoms with Crippen LogP contribution in [0.25, 0.3) is 0 Å². The molecule has 1 aromatic carbocycles. The van der Waals surface area contributed by atoms with Crippen molar-refractivity contribution in [3.05, 3.63) is 42.1 Å². The van der Waals surface area contributed by atoms with Gasteiger partial charge in [-0.15, -0.1) is 0 Å². The van der Waals surface area contributed by atoms with Gasteiger partial charge in [0.25, 0.3) is 10.0 Å². The Labute approximate surface area is 125 Å². The van der Waals surface area contributed by atoms with Gasteiger partial charge in [-0.3, -0.25) is 9.40 Å². The molecule has 7 heteroatoms. The number of rotatable bonds is 5. The molecule has 1 heterocycles. The zero-order valence-electron chi connectivity index (χ0n) is 12.4. The first-order valence-electron chi connectivity index (χ1n) is 6.58. The minimum absolute atomic E-state index is 0.119. The van der Waals surface area contributed by atoms with E-state index in [-0.39, 0.29) is 10.4 Å². The number of nitrogens with one attached hydrogen (secondary N) is 1. The summed E-state index contributed by atoms with van der Waals surface area (Å²) in [6.07, 6.45) is 1.45. The van der Waals surface area contributed by atoms with Crippen LogP contribution in [0, 0.1) is 0 Å². The van der Waals surface area contributed by atoms with E-state index in [1.54, 1.807) is 19.2 Å². The van der Waals surface area contributed by atoms with E-state index in [2.05, 4.69) is 9.82 Å². The highest BCUT2D eigenvalue weighted by atomic mass is 32.2. The van der Waals surface area contributed by atoms with Gasteiger partial charge in [0, 0.05) is 24.7 Å². The maximum Gasteiger partial charge on any atom is 0.279 e. The van der Waals surface area contributed by atoms with Crippen molar-refractivity contribution in [1.82, 2.24) is 9.78 Å². The van der Waals surface area contributed by atoms with Crippen LogP contribution in [0.3, 0.4) is 0 Å². The summed E-state index contributed by atoms with van der Waals surface area (Å²) < 4.78 is 28.3. The highest BCUT2D eigenvalue weighted by Gasteiger charge is 2.20. The average molecular weight is 308 g/mol. The quantitative estimate of drug-likeness (QED) is 0.875. The Kier molecular flexibility index (Phi) is 4.06. The summed E-state index contributed by atoms with van der Waals surface area (Å²) in [7, 11) is -2.04. The zero-order chi connectivity index (χ0) is 15.7. The van der Waals surface area contributed by atoms with Gasteiger partial charge in [0.2, 0.25) is 0 Å². The molecule has 6 nitrogen and oxygen atoms in total. The Balaban J connectivity index is 2.24. The second kappa shape index (κ2) is 5.50. The van der Waals surface area contributed by atoms with Crippen LogP contribution in [0.1, 0.15) is 19.4 Å². The van der Waals surface area contributed by atoms with E-state index in [9.17, 15) is 8.42 Å². The molecule has 0 radical (unpaired) electrons. The van der Waals surface area contributed by atoms with Crippen LogP contribution < -0.4 is 10.5 Å². The van der Waals surface area contributed by atoms with E-state index < -0.39 is 10.0 Å².